The van der Waals surface area contributed by atoms with Crippen molar-refractivity contribution in [3.63, 3.8) is 0 Å². The molecule has 5 N–H and O–H groups in total. The zero-order valence-corrected chi connectivity index (χ0v) is 15.6. The monoisotopic (exact) mass is 391 g/mol. The Morgan fingerprint density at radius 2 is 1.75 bits per heavy atom. The van der Waals surface area contributed by atoms with Gasteiger partial charge in [0.05, 0.1) is 11.9 Å². The van der Waals surface area contributed by atoms with Gasteiger partial charge in [0.15, 0.2) is 0 Å². The lowest BCUT2D eigenvalue weighted by atomic mass is 9.99. The second-order valence-electron chi connectivity index (χ2n) is 6.16. The van der Waals surface area contributed by atoms with Gasteiger partial charge in [0, 0.05) is 16.5 Å². The molecule has 0 radical (unpaired) electrons. The summed E-state index contributed by atoms with van der Waals surface area (Å²) in [4.78, 5) is 12.6. The highest BCUT2D eigenvalue weighted by Crippen LogP contribution is 2.38. The summed E-state index contributed by atoms with van der Waals surface area (Å²) in [6.45, 7) is 0. The van der Waals surface area contributed by atoms with Gasteiger partial charge in [-0.05, 0) is 28.7 Å². The number of anilines is 1. The van der Waals surface area contributed by atoms with E-state index in [9.17, 15) is 4.79 Å². The lowest BCUT2D eigenvalue weighted by Gasteiger charge is -2.04. The lowest BCUT2D eigenvalue weighted by molar-refractivity contribution is -0.110. The fourth-order valence-corrected chi connectivity index (χ4v) is 3.14. The van der Waals surface area contributed by atoms with Crippen molar-refractivity contribution in [2.75, 3.05) is 5.32 Å². The number of nitrogens with one attached hydrogen (secondary N) is 1. The van der Waals surface area contributed by atoms with Crippen LogP contribution in [0.15, 0.2) is 70.9 Å². The molecule has 0 bridgehead atoms. The van der Waals surface area contributed by atoms with E-state index in [2.05, 4.69) is 15.5 Å². The molecule has 7 heteroatoms. The minimum Gasteiger partial charge on any atom is -0.369 e. The molecule has 1 heterocycles. The molecular formula is C21H18ClN5O. The number of rotatable bonds is 3. The first-order chi connectivity index (χ1) is 13.1. The van der Waals surface area contributed by atoms with Crippen LogP contribution in [-0.2, 0) is 4.79 Å². The zero-order chi connectivity index (χ0) is 18.8. The first-order valence-corrected chi connectivity index (χ1v) is 8.39. The first-order valence-electron chi connectivity index (χ1n) is 8.39. The average Bonchev–Trinajstić information content (AvgIpc) is 2.98. The summed E-state index contributed by atoms with van der Waals surface area (Å²) in [5.41, 5.74) is 14.6. The number of carbonyl (C=O) groups excluding carboxylic acids is 1. The van der Waals surface area contributed by atoms with Crippen molar-refractivity contribution in [1.29, 1.82) is 0 Å². The highest BCUT2D eigenvalue weighted by molar-refractivity contribution is 6.37. The van der Waals surface area contributed by atoms with Crippen LogP contribution in [0, 0.1) is 0 Å². The summed E-state index contributed by atoms with van der Waals surface area (Å²) >= 11 is 0. The number of benzene rings is 3. The topological polar surface area (TPSA) is 106 Å². The van der Waals surface area contributed by atoms with Crippen LogP contribution in [-0.4, -0.2) is 18.1 Å². The molecule has 1 aliphatic heterocycles. The molecule has 0 saturated carbocycles. The van der Waals surface area contributed by atoms with Gasteiger partial charge < -0.3 is 16.8 Å². The van der Waals surface area contributed by atoms with E-state index in [-0.39, 0.29) is 24.3 Å². The molecule has 1 amide bonds. The maximum atomic E-state index is 12.6. The minimum atomic E-state index is -0.110. The third kappa shape index (κ3) is 3.72. The van der Waals surface area contributed by atoms with E-state index >= 15 is 0 Å². The normalized spacial score (nSPS) is 14.0. The number of carbonyl (C=O) groups is 1. The summed E-state index contributed by atoms with van der Waals surface area (Å²) in [5, 5.41) is 12.5. The Kier molecular flexibility index (Phi) is 5.42. The highest BCUT2D eigenvalue weighted by atomic mass is 35.5. The predicted octanol–water partition coefficient (Wildman–Crippen LogP) is 3.36. The van der Waals surface area contributed by atoms with Gasteiger partial charge in [-0.3, -0.25) is 4.79 Å². The molecule has 0 saturated heterocycles. The van der Waals surface area contributed by atoms with Crippen molar-refractivity contribution in [2.24, 2.45) is 21.7 Å². The van der Waals surface area contributed by atoms with Gasteiger partial charge >= 0.3 is 0 Å². The molecule has 0 atom stereocenters. The summed E-state index contributed by atoms with van der Waals surface area (Å²) in [6.07, 6.45) is 3.42. The molecule has 0 unspecified atom stereocenters. The molecule has 0 aromatic heterocycles. The first kappa shape index (κ1) is 19.1. The maximum absolute atomic E-state index is 12.6. The largest absolute Gasteiger partial charge is 0.369 e. The molecule has 140 valence electrons. The molecule has 3 aromatic rings. The van der Waals surface area contributed by atoms with Crippen LogP contribution in [0.3, 0.4) is 0 Å². The Morgan fingerprint density at radius 1 is 0.964 bits per heavy atom. The molecule has 3 aromatic carbocycles. The number of halogens is 1. The number of amides is 1. The maximum Gasteiger partial charge on any atom is 0.256 e. The van der Waals surface area contributed by atoms with Crippen molar-refractivity contribution in [3.8, 4) is 0 Å². The summed E-state index contributed by atoms with van der Waals surface area (Å²) in [6, 6.07) is 19.6. The molecule has 0 fully saturated rings. The lowest BCUT2D eigenvalue weighted by Crippen LogP contribution is -2.21. The van der Waals surface area contributed by atoms with Crippen molar-refractivity contribution >= 4 is 58.6 Å². The van der Waals surface area contributed by atoms with E-state index in [1.165, 1.54) is 0 Å². The number of hydrogen-bond acceptors (Lipinski definition) is 3. The van der Waals surface area contributed by atoms with Crippen LogP contribution < -0.4 is 16.8 Å². The number of fused-ring (bicyclic) bond motifs is 3. The summed E-state index contributed by atoms with van der Waals surface area (Å²) in [5.74, 6) is -0.211. The van der Waals surface area contributed by atoms with Gasteiger partial charge in [-0.15, -0.1) is 17.5 Å². The number of nitrogens with zero attached hydrogens (tertiary/aromatic N) is 2. The van der Waals surface area contributed by atoms with Crippen molar-refractivity contribution in [1.82, 2.24) is 0 Å². The van der Waals surface area contributed by atoms with Crippen LogP contribution in [0.2, 0.25) is 0 Å². The number of nitrogens with two attached hydrogens (primary N) is 2. The average molecular weight is 392 g/mol. The van der Waals surface area contributed by atoms with Crippen LogP contribution in [0.25, 0.3) is 22.4 Å². The molecular weight excluding hydrogens is 374 g/mol. The Hall–Kier alpha value is -3.64. The van der Waals surface area contributed by atoms with E-state index in [1.807, 2.05) is 66.7 Å². The fourth-order valence-electron chi connectivity index (χ4n) is 3.14. The van der Waals surface area contributed by atoms with Gasteiger partial charge in [0.25, 0.3) is 5.91 Å². The number of hydrogen-bond donors (Lipinski definition) is 3. The van der Waals surface area contributed by atoms with E-state index in [0.29, 0.717) is 5.57 Å². The van der Waals surface area contributed by atoms with Gasteiger partial charge in [0.2, 0.25) is 5.96 Å². The van der Waals surface area contributed by atoms with Gasteiger partial charge in [-0.25, -0.2) is 0 Å². The Bertz CT molecular complexity index is 1150. The second kappa shape index (κ2) is 7.94. The van der Waals surface area contributed by atoms with Crippen molar-refractivity contribution in [2.45, 2.75) is 0 Å². The Morgan fingerprint density at radius 3 is 2.57 bits per heavy atom. The van der Waals surface area contributed by atoms with E-state index < -0.39 is 0 Å². The third-order valence-electron chi connectivity index (χ3n) is 4.30. The molecule has 0 spiro atoms. The smallest absolute Gasteiger partial charge is 0.256 e. The quantitative estimate of drug-likeness (QED) is 0.276. The predicted molar refractivity (Wildman–Crippen MR) is 118 cm³/mol. The van der Waals surface area contributed by atoms with Crippen molar-refractivity contribution in [3.05, 3.63) is 77.4 Å². The van der Waals surface area contributed by atoms with Crippen molar-refractivity contribution < 1.29 is 4.79 Å². The number of guanidine groups is 1. The molecule has 6 nitrogen and oxygen atoms in total. The zero-order valence-electron chi connectivity index (χ0n) is 14.8. The molecule has 0 aliphatic carbocycles. The Labute approximate surface area is 168 Å². The Balaban J connectivity index is 0.00000225. The van der Waals surface area contributed by atoms with Crippen LogP contribution in [0.5, 0.6) is 0 Å². The van der Waals surface area contributed by atoms with Gasteiger partial charge in [-0.1, -0.05) is 54.6 Å². The van der Waals surface area contributed by atoms with Crippen LogP contribution in [0.4, 0.5) is 5.69 Å². The van der Waals surface area contributed by atoms with E-state index in [1.54, 1.807) is 6.21 Å². The minimum absolute atomic E-state index is 0. The molecule has 4 rings (SSSR count). The second-order valence-corrected chi connectivity index (χ2v) is 6.16. The summed E-state index contributed by atoms with van der Waals surface area (Å²) < 4.78 is 0. The van der Waals surface area contributed by atoms with Crippen LogP contribution in [0.1, 0.15) is 16.7 Å². The fraction of sp³-hybridized carbons (Fsp3) is 0. The third-order valence-corrected chi connectivity index (χ3v) is 4.30. The van der Waals surface area contributed by atoms with Gasteiger partial charge in [0.1, 0.15) is 0 Å². The molecule has 1 aliphatic rings. The van der Waals surface area contributed by atoms with E-state index in [4.69, 9.17) is 11.5 Å². The SMILES string of the molecule is Cl.NC(N)=N/N=C/c1cccc(/C=C2/C(=O)Nc3c2ccc2ccccc32)c1. The standard InChI is InChI=1S/C21H17N5O.ClH/c22-21(23)26-24-12-14-5-3-4-13(10-14)11-18-17-9-8-15-6-1-2-7-16(15)19(17)25-20(18)27;/h1-12H,(H,25,27)(H4,22,23,26);1H/b18-11+,24-12+;. The van der Waals surface area contributed by atoms with Crippen LogP contribution >= 0.6 is 12.4 Å². The molecule has 28 heavy (non-hydrogen) atoms. The van der Waals surface area contributed by atoms with Gasteiger partial charge in [-0.2, -0.15) is 5.10 Å². The van der Waals surface area contributed by atoms with E-state index in [0.717, 1.165) is 33.2 Å². The summed E-state index contributed by atoms with van der Waals surface area (Å²) in [7, 11) is 0. The highest BCUT2D eigenvalue weighted by Gasteiger charge is 2.25.